The van der Waals surface area contributed by atoms with Gasteiger partial charge < -0.3 is 9.47 Å². The standard InChI is InChI=1S/C13H12ClN7O5S/c1-25-8-5-9(26-2)18-12(17-8)19-13(22)20-27(23,24)11-10(14)16-7-3-4-15-6-21(7)11/h3-6H,1-2H3,(H2,17,18,19,20,22). The molecule has 2 amide bonds. The summed E-state index contributed by atoms with van der Waals surface area (Å²) in [5.41, 5.74) is 0.247. The number of amides is 2. The van der Waals surface area contributed by atoms with E-state index in [2.05, 4.69) is 25.3 Å². The fourth-order valence-corrected chi connectivity index (χ4v) is 3.60. The minimum Gasteiger partial charge on any atom is -0.481 e. The van der Waals surface area contributed by atoms with Crippen LogP contribution in [0.25, 0.3) is 5.65 Å². The number of carbonyl (C=O) groups excluding carboxylic acids is 1. The normalized spacial score (nSPS) is 11.2. The summed E-state index contributed by atoms with van der Waals surface area (Å²) in [5, 5.41) is 1.42. The van der Waals surface area contributed by atoms with Gasteiger partial charge in [-0.15, -0.1) is 0 Å². The van der Waals surface area contributed by atoms with Crippen LogP contribution in [0.2, 0.25) is 5.15 Å². The predicted octanol–water partition coefficient (Wildman–Crippen LogP) is 0.700. The summed E-state index contributed by atoms with van der Waals surface area (Å²) in [6.45, 7) is 0. The molecule has 0 aliphatic heterocycles. The largest absolute Gasteiger partial charge is 0.481 e. The van der Waals surface area contributed by atoms with E-state index in [1.165, 1.54) is 38.9 Å². The van der Waals surface area contributed by atoms with E-state index in [-0.39, 0.29) is 28.5 Å². The molecule has 0 fully saturated rings. The summed E-state index contributed by atoms with van der Waals surface area (Å²) in [7, 11) is -1.66. The zero-order valence-corrected chi connectivity index (χ0v) is 15.4. The number of hydrogen-bond donors (Lipinski definition) is 2. The Labute approximate surface area is 157 Å². The van der Waals surface area contributed by atoms with Gasteiger partial charge in [0, 0.05) is 6.20 Å². The summed E-state index contributed by atoms with van der Waals surface area (Å²) in [6, 6.07) is 1.71. The number of hydrogen-bond acceptors (Lipinski definition) is 9. The SMILES string of the molecule is COc1cc(OC)nc(NC(=O)NS(=O)(=O)c2c(Cl)nc3ccncn23)n1. The lowest BCUT2D eigenvalue weighted by Gasteiger charge is -2.09. The lowest BCUT2D eigenvalue weighted by atomic mass is 10.6. The van der Waals surface area contributed by atoms with Crippen molar-refractivity contribution in [3.05, 3.63) is 29.8 Å². The highest BCUT2D eigenvalue weighted by molar-refractivity contribution is 7.90. The number of halogens is 1. The van der Waals surface area contributed by atoms with Crippen LogP contribution in [0, 0.1) is 0 Å². The van der Waals surface area contributed by atoms with E-state index in [1.807, 2.05) is 0 Å². The van der Waals surface area contributed by atoms with Crippen LogP contribution in [0.15, 0.2) is 29.7 Å². The Morgan fingerprint density at radius 3 is 2.48 bits per heavy atom. The molecule has 27 heavy (non-hydrogen) atoms. The third-order valence-corrected chi connectivity index (χ3v) is 4.88. The van der Waals surface area contributed by atoms with Crippen LogP contribution in [-0.2, 0) is 10.0 Å². The number of urea groups is 1. The molecule has 0 radical (unpaired) electrons. The summed E-state index contributed by atoms with van der Waals surface area (Å²) in [6.07, 6.45) is 2.62. The lowest BCUT2D eigenvalue weighted by Crippen LogP contribution is -2.35. The first-order valence-corrected chi connectivity index (χ1v) is 8.98. The number of nitrogens with one attached hydrogen (secondary N) is 2. The monoisotopic (exact) mass is 413 g/mol. The van der Waals surface area contributed by atoms with Crippen molar-refractivity contribution >= 4 is 39.3 Å². The van der Waals surface area contributed by atoms with E-state index in [4.69, 9.17) is 21.1 Å². The Hall–Kier alpha value is -3.19. The number of sulfonamides is 1. The van der Waals surface area contributed by atoms with Crippen molar-refractivity contribution in [2.75, 3.05) is 19.5 Å². The van der Waals surface area contributed by atoms with E-state index in [1.54, 1.807) is 4.72 Å². The van der Waals surface area contributed by atoms with Gasteiger partial charge in [-0.25, -0.2) is 19.5 Å². The molecule has 12 nitrogen and oxygen atoms in total. The second-order valence-corrected chi connectivity index (χ2v) is 6.81. The van der Waals surface area contributed by atoms with E-state index in [0.29, 0.717) is 0 Å². The number of ether oxygens (including phenoxy) is 2. The quantitative estimate of drug-likeness (QED) is 0.615. The van der Waals surface area contributed by atoms with Crippen LogP contribution >= 0.6 is 11.6 Å². The molecular weight excluding hydrogens is 402 g/mol. The molecule has 2 N–H and O–H groups in total. The Morgan fingerprint density at radius 1 is 1.19 bits per heavy atom. The van der Waals surface area contributed by atoms with E-state index in [0.717, 1.165) is 4.40 Å². The van der Waals surface area contributed by atoms with Gasteiger partial charge in [0.25, 0.3) is 10.0 Å². The van der Waals surface area contributed by atoms with E-state index < -0.39 is 21.1 Å². The number of anilines is 1. The highest BCUT2D eigenvalue weighted by Crippen LogP contribution is 2.22. The first kappa shape index (κ1) is 18.6. The summed E-state index contributed by atoms with van der Waals surface area (Å²) < 4.78 is 37.9. The van der Waals surface area contributed by atoms with Crippen LogP contribution in [0.5, 0.6) is 11.8 Å². The topological polar surface area (TPSA) is 150 Å². The molecule has 0 saturated carbocycles. The summed E-state index contributed by atoms with van der Waals surface area (Å²) >= 11 is 5.91. The van der Waals surface area contributed by atoms with Crippen molar-refractivity contribution in [2.24, 2.45) is 0 Å². The zero-order valence-electron chi connectivity index (χ0n) is 13.9. The summed E-state index contributed by atoms with van der Waals surface area (Å²) in [4.78, 5) is 27.6. The second-order valence-electron chi connectivity index (χ2n) is 4.85. The first-order valence-electron chi connectivity index (χ1n) is 7.12. The van der Waals surface area contributed by atoms with Gasteiger partial charge >= 0.3 is 6.03 Å². The summed E-state index contributed by atoms with van der Waals surface area (Å²) in [5.74, 6) is -0.0170. The fourth-order valence-electron chi connectivity index (χ4n) is 2.06. The van der Waals surface area contributed by atoms with Crippen LogP contribution in [-0.4, -0.2) is 53.0 Å². The number of methoxy groups -OCH3 is 2. The number of imidazole rings is 1. The van der Waals surface area contributed by atoms with Crippen LogP contribution < -0.4 is 19.5 Å². The van der Waals surface area contributed by atoms with Gasteiger partial charge in [0.2, 0.25) is 22.7 Å². The molecule has 0 atom stereocenters. The average molecular weight is 414 g/mol. The predicted molar refractivity (Wildman–Crippen MR) is 92.5 cm³/mol. The van der Waals surface area contributed by atoms with Crippen molar-refractivity contribution in [2.45, 2.75) is 5.03 Å². The number of carbonyl (C=O) groups is 1. The molecule has 3 heterocycles. The maximum Gasteiger partial charge on any atom is 0.335 e. The molecule has 142 valence electrons. The number of rotatable bonds is 5. The van der Waals surface area contributed by atoms with E-state index in [9.17, 15) is 13.2 Å². The first-order chi connectivity index (χ1) is 12.8. The Balaban J connectivity index is 1.86. The third kappa shape index (κ3) is 3.83. The van der Waals surface area contributed by atoms with Crippen LogP contribution in [0.4, 0.5) is 10.7 Å². The Morgan fingerprint density at radius 2 is 1.85 bits per heavy atom. The highest BCUT2D eigenvalue weighted by Gasteiger charge is 2.27. The van der Waals surface area contributed by atoms with Crippen molar-refractivity contribution < 1.29 is 22.7 Å². The average Bonchev–Trinajstić information content (AvgIpc) is 2.97. The Kier molecular flexibility index (Phi) is 4.96. The minimum absolute atomic E-state index is 0.107. The number of aromatic nitrogens is 5. The van der Waals surface area contributed by atoms with Gasteiger partial charge in [0.1, 0.15) is 12.0 Å². The maximum atomic E-state index is 12.5. The molecule has 0 bridgehead atoms. The molecule has 0 aliphatic carbocycles. The molecular formula is C13H12ClN7O5S. The minimum atomic E-state index is -4.38. The smallest absolute Gasteiger partial charge is 0.335 e. The number of nitrogens with zero attached hydrogens (tertiary/aromatic N) is 5. The molecule has 0 unspecified atom stereocenters. The maximum absolute atomic E-state index is 12.5. The van der Waals surface area contributed by atoms with E-state index >= 15 is 0 Å². The second kappa shape index (κ2) is 7.20. The molecule has 0 aromatic carbocycles. The van der Waals surface area contributed by atoms with Crippen molar-refractivity contribution in [1.82, 2.24) is 29.1 Å². The lowest BCUT2D eigenvalue weighted by molar-refractivity contribution is 0.256. The molecule has 3 rings (SSSR count). The Bertz CT molecular complexity index is 1100. The van der Waals surface area contributed by atoms with Gasteiger partial charge in [-0.2, -0.15) is 18.4 Å². The third-order valence-electron chi connectivity index (χ3n) is 3.15. The molecule has 3 aromatic heterocycles. The van der Waals surface area contributed by atoms with Gasteiger partial charge in [-0.3, -0.25) is 9.72 Å². The molecule has 0 aliphatic rings. The fraction of sp³-hybridized carbons (Fsp3) is 0.154. The van der Waals surface area contributed by atoms with Gasteiger partial charge in [-0.1, -0.05) is 11.6 Å². The van der Waals surface area contributed by atoms with Crippen molar-refractivity contribution in [1.29, 1.82) is 0 Å². The van der Waals surface area contributed by atoms with Crippen LogP contribution in [0.3, 0.4) is 0 Å². The zero-order chi connectivity index (χ0) is 19.6. The van der Waals surface area contributed by atoms with Crippen molar-refractivity contribution in [3.63, 3.8) is 0 Å². The van der Waals surface area contributed by atoms with Gasteiger partial charge in [0.15, 0.2) is 5.15 Å². The highest BCUT2D eigenvalue weighted by atomic mass is 35.5. The molecule has 0 saturated heterocycles. The number of fused-ring (bicyclic) bond motifs is 1. The van der Waals surface area contributed by atoms with Crippen LogP contribution in [0.1, 0.15) is 0 Å². The molecule has 3 aromatic rings. The molecule has 14 heteroatoms. The van der Waals surface area contributed by atoms with Crippen molar-refractivity contribution in [3.8, 4) is 11.8 Å². The molecule has 0 spiro atoms. The van der Waals surface area contributed by atoms with Gasteiger partial charge in [0.05, 0.1) is 20.3 Å². The van der Waals surface area contributed by atoms with Gasteiger partial charge in [-0.05, 0) is 6.07 Å².